The summed E-state index contributed by atoms with van der Waals surface area (Å²) in [4.78, 5) is 45.0. The van der Waals surface area contributed by atoms with Crippen molar-refractivity contribution in [3.05, 3.63) is 450 Å². The van der Waals surface area contributed by atoms with Crippen molar-refractivity contribution >= 4 is 196 Å². The van der Waals surface area contributed by atoms with Gasteiger partial charge in [0.2, 0.25) is 5.95 Å². The van der Waals surface area contributed by atoms with Crippen molar-refractivity contribution < 1.29 is 4.42 Å². The highest BCUT2D eigenvalue weighted by molar-refractivity contribution is 6.40. The summed E-state index contributed by atoms with van der Waals surface area (Å²) in [7, 11) is 0. The van der Waals surface area contributed by atoms with Crippen molar-refractivity contribution in [3.63, 3.8) is 0 Å². The lowest BCUT2D eigenvalue weighted by Crippen LogP contribution is -2.03. The van der Waals surface area contributed by atoms with Gasteiger partial charge in [0, 0.05) is 168 Å². The van der Waals surface area contributed by atoms with Gasteiger partial charge < -0.3 is 18.1 Å². The molecule has 0 amide bonds. The molecule has 0 N–H and O–H groups in total. The minimum Gasteiger partial charge on any atom is -0.455 e. The fraction of sp³-hybridized carbons (Fsp3) is 0. The Morgan fingerprint density at radius 3 is 1.06 bits per heavy atom. The number of nitrogens with zero attached hydrogens (tertiary/aromatic N) is 14. The van der Waals surface area contributed by atoms with Crippen LogP contribution in [0.3, 0.4) is 0 Å². The Morgan fingerprint density at radius 1 is 0.196 bits per heavy atom. The Kier molecular flexibility index (Phi) is 17.7. The second kappa shape index (κ2) is 31.4. The smallest absolute Gasteiger partial charge is 0.235 e. The van der Waals surface area contributed by atoms with Gasteiger partial charge in [-0.1, -0.05) is 297 Å². The third kappa shape index (κ3) is 12.0. The Hall–Kier alpha value is -19.0. The van der Waals surface area contributed by atoms with E-state index in [0.29, 0.717) is 17.6 Å². The van der Waals surface area contributed by atoms with Crippen molar-refractivity contribution in [2.75, 3.05) is 0 Å². The molecule has 0 aliphatic carbocycles. The molecule has 30 rings (SSSR count). The molecule has 15 heteroatoms. The highest BCUT2D eigenvalue weighted by atomic mass is 16.3. The first-order valence-electron chi connectivity index (χ1n) is 46.3. The molecule has 0 aliphatic heterocycles. The summed E-state index contributed by atoms with van der Waals surface area (Å²) in [6.45, 7) is 0. The number of hydrogen-bond donors (Lipinski definition) is 0. The highest BCUT2D eigenvalue weighted by Crippen LogP contribution is 2.52. The van der Waals surface area contributed by atoms with Gasteiger partial charge >= 0.3 is 0 Å². The average Bonchev–Trinajstić information content (AvgIpc) is 1.51. The third-order valence-corrected chi connectivity index (χ3v) is 27.4. The maximum absolute atomic E-state index is 6.53. The fourth-order valence-electron chi connectivity index (χ4n) is 21.7. The topological polar surface area (TPSA) is 154 Å². The van der Waals surface area contributed by atoms with Crippen molar-refractivity contribution in [2.45, 2.75) is 0 Å². The zero-order valence-electron chi connectivity index (χ0n) is 73.9. The Labute approximate surface area is 786 Å². The lowest BCUT2D eigenvalue weighted by molar-refractivity contribution is 0.672. The molecule has 138 heavy (non-hydrogen) atoms. The van der Waals surface area contributed by atoms with E-state index in [1.54, 1.807) is 0 Å². The number of pyridine rings is 3. The number of fused-ring (bicyclic) bond motifs is 33. The molecule has 15 nitrogen and oxygen atoms in total. The van der Waals surface area contributed by atoms with Gasteiger partial charge in [-0.25, -0.2) is 29.9 Å². The molecule has 12 aromatic heterocycles. The summed E-state index contributed by atoms with van der Waals surface area (Å²) in [5.41, 5.74) is 24.8. The summed E-state index contributed by atoms with van der Waals surface area (Å²) in [6.07, 6.45) is 11.6. The van der Waals surface area contributed by atoms with Crippen LogP contribution < -0.4 is 0 Å². The van der Waals surface area contributed by atoms with Gasteiger partial charge in [-0.05, 0) is 131 Å². The van der Waals surface area contributed by atoms with E-state index in [-0.39, 0.29) is 0 Å². The van der Waals surface area contributed by atoms with Gasteiger partial charge in [0.1, 0.15) is 17.0 Å². The molecule has 0 saturated heterocycles. The maximum atomic E-state index is 6.53. The van der Waals surface area contributed by atoms with E-state index in [0.717, 1.165) is 199 Å². The predicted octanol–water partition coefficient (Wildman–Crippen LogP) is 30.6. The standard InChI is InChI=1S/C47H29N5.C41H25N5.C35H20N4O/c1-4-14-30(15-5-1)44-37-28-33(24-25-39(37)49-47(50-44)31-16-6-2-7-17-31)52-40-22-12-10-20-35(40)42-34-26-27-48-29-38(34)45-43(46(42)52)36-21-11-13-23-41(36)51(45)32-18-8-3-9-19-32;1-3-13-26(14-4-1)40-43-33-20-10-7-17-29(33)41(44-40)46-35-22-12-8-18-30(35)36-28-23-24-42-25-32(28)38-37(39(36)46)31-19-9-11-21-34(31)45(38)27-15-5-2-6-16-27;1-2-10-21(11-3-1)32-23-12-4-7-15-27(23)37-35(38-32)39-28-16-8-5-13-24(28)30-22-18-19-36-20-26(22)34-31(33(30)39)25-14-6-9-17-29(25)40-34/h1-29H;1-25H;1-20H. The highest BCUT2D eigenvalue weighted by Gasteiger charge is 2.31. The Bertz CT molecular complexity index is 10200. The molecule has 0 bridgehead atoms. The summed E-state index contributed by atoms with van der Waals surface area (Å²) >= 11 is 0. The molecule has 0 spiro atoms. The molecule has 0 aliphatic rings. The molecule has 0 fully saturated rings. The van der Waals surface area contributed by atoms with Crippen LogP contribution in [0.2, 0.25) is 0 Å². The van der Waals surface area contributed by atoms with Crippen LogP contribution in [0.5, 0.6) is 0 Å². The molecular weight excluding hydrogens is 1690 g/mol. The van der Waals surface area contributed by atoms with Crippen molar-refractivity contribution in [1.29, 1.82) is 0 Å². The molecule has 12 heterocycles. The van der Waals surface area contributed by atoms with Crippen LogP contribution in [0.15, 0.2) is 454 Å². The first kappa shape index (κ1) is 77.7. The van der Waals surface area contributed by atoms with Crippen LogP contribution in [-0.4, -0.2) is 67.7 Å². The average molecular weight is 1760 g/mol. The van der Waals surface area contributed by atoms with Crippen LogP contribution in [0.4, 0.5) is 0 Å². The molecule has 0 radical (unpaired) electrons. The molecule has 642 valence electrons. The van der Waals surface area contributed by atoms with E-state index in [4.69, 9.17) is 34.3 Å². The Morgan fingerprint density at radius 2 is 0.551 bits per heavy atom. The van der Waals surface area contributed by atoms with E-state index in [9.17, 15) is 0 Å². The van der Waals surface area contributed by atoms with Crippen LogP contribution >= 0.6 is 0 Å². The zero-order valence-corrected chi connectivity index (χ0v) is 73.9. The van der Waals surface area contributed by atoms with Crippen LogP contribution in [0.25, 0.3) is 270 Å². The molecule has 0 unspecified atom stereocenters. The summed E-state index contributed by atoms with van der Waals surface area (Å²) < 4.78 is 18.4. The first-order chi connectivity index (χ1) is 68.6. The van der Waals surface area contributed by atoms with Gasteiger partial charge in [0.25, 0.3) is 0 Å². The van der Waals surface area contributed by atoms with Crippen LogP contribution in [0.1, 0.15) is 0 Å². The predicted molar refractivity (Wildman–Crippen MR) is 565 cm³/mol. The minimum absolute atomic E-state index is 0.628. The second-order valence-electron chi connectivity index (χ2n) is 35.0. The summed E-state index contributed by atoms with van der Waals surface area (Å²) in [6, 6.07) is 144. The molecule has 0 atom stereocenters. The SMILES string of the molecule is c1ccc(-c2nc(-c3ccccc3)c3cc(-n4c5ccccc5c5c6ccncc6c6c(c7ccccc7n6-c6ccccc6)c54)ccc3n2)cc1.c1ccc(-c2nc(-n3c4ccccc4c4c5ccncc5c5c(c6ccccc6n5-c5ccccc5)c43)c3ccccc3n2)cc1.c1ccc(-c2nc(-n3c4ccccc4c4c5ccncc5c5oc6ccccc6c5c43)nc3ccccc23)cc1. The Balaban J connectivity index is 0.000000103. The number of para-hydroxylation sites is 10. The fourth-order valence-corrected chi connectivity index (χ4v) is 21.7. The molecule has 30 aromatic rings. The normalized spacial score (nSPS) is 11.9. The maximum Gasteiger partial charge on any atom is 0.235 e. The monoisotopic (exact) mass is 1760 g/mol. The van der Waals surface area contributed by atoms with Crippen LogP contribution in [-0.2, 0) is 0 Å². The van der Waals surface area contributed by atoms with E-state index >= 15 is 0 Å². The van der Waals surface area contributed by atoms with Gasteiger partial charge in [0.05, 0.1) is 88.5 Å². The lowest BCUT2D eigenvalue weighted by atomic mass is 10.0. The molecule has 0 saturated carbocycles. The largest absolute Gasteiger partial charge is 0.455 e. The van der Waals surface area contributed by atoms with Crippen molar-refractivity contribution in [1.82, 2.24) is 67.7 Å². The van der Waals surface area contributed by atoms with Crippen molar-refractivity contribution in [3.8, 4) is 74.1 Å². The quantitative estimate of drug-likeness (QED) is 0.136. The lowest BCUT2D eigenvalue weighted by Gasteiger charge is -2.14. The van der Waals surface area contributed by atoms with Crippen molar-refractivity contribution in [2.24, 2.45) is 0 Å². The number of benzene rings is 18. The van der Waals surface area contributed by atoms with E-state index < -0.39 is 0 Å². The van der Waals surface area contributed by atoms with E-state index in [1.165, 1.54) is 54.0 Å². The van der Waals surface area contributed by atoms with E-state index in [2.05, 4.69) is 359 Å². The summed E-state index contributed by atoms with van der Waals surface area (Å²) in [5.74, 6) is 2.91. The molecule has 18 aromatic carbocycles. The number of hydrogen-bond acceptors (Lipinski definition) is 10. The minimum atomic E-state index is 0.628. The third-order valence-electron chi connectivity index (χ3n) is 27.4. The van der Waals surface area contributed by atoms with Gasteiger partial charge in [-0.15, -0.1) is 0 Å². The summed E-state index contributed by atoms with van der Waals surface area (Å²) in [5, 5.41) is 23.6. The zero-order chi connectivity index (χ0) is 90.6. The number of furan rings is 1. The van der Waals surface area contributed by atoms with Crippen LogP contribution in [0, 0.1) is 0 Å². The second-order valence-corrected chi connectivity index (χ2v) is 35.0. The van der Waals surface area contributed by atoms with Gasteiger partial charge in [-0.2, -0.15) is 0 Å². The first-order valence-corrected chi connectivity index (χ1v) is 46.3. The molecular formula is C123H74N14O. The van der Waals surface area contributed by atoms with Gasteiger partial charge in [0.15, 0.2) is 11.6 Å². The van der Waals surface area contributed by atoms with E-state index in [1.807, 2.05) is 128 Å². The van der Waals surface area contributed by atoms with Gasteiger partial charge in [-0.3, -0.25) is 24.1 Å². The number of aromatic nitrogens is 14. The number of rotatable bonds is 9.